The summed E-state index contributed by atoms with van der Waals surface area (Å²) in [4.78, 5) is 17.8. The summed E-state index contributed by atoms with van der Waals surface area (Å²) in [5.41, 5.74) is 1.21. The molecule has 0 spiro atoms. The molecule has 3 N–H and O–H groups in total. The molecule has 0 aromatic carbocycles. The van der Waals surface area contributed by atoms with E-state index in [0.29, 0.717) is 5.13 Å². The molecule has 0 aliphatic rings. The average molecular weight is 237 g/mol. The highest BCUT2D eigenvalue weighted by atomic mass is 32.1. The van der Waals surface area contributed by atoms with E-state index >= 15 is 0 Å². The van der Waals surface area contributed by atoms with E-state index in [1.54, 1.807) is 0 Å². The number of nitrogens with one attached hydrogen (secondary N) is 2. The van der Waals surface area contributed by atoms with Gasteiger partial charge < -0.3 is 15.4 Å². The summed E-state index contributed by atoms with van der Waals surface area (Å²) < 4.78 is 0. The summed E-state index contributed by atoms with van der Waals surface area (Å²) in [6, 6.07) is 2.01. The summed E-state index contributed by atoms with van der Waals surface area (Å²) in [6.07, 6.45) is 6.06. The molecule has 0 saturated carbocycles. The van der Waals surface area contributed by atoms with Crippen molar-refractivity contribution >= 4 is 22.4 Å². The van der Waals surface area contributed by atoms with Gasteiger partial charge in [-0.1, -0.05) is 11.3 Å². The van der Waals surface area contributed by atoms with Gasteiger partial charge in [0, 0.05) is 18.9 Å². The first-order chi connectivity index (χ1) is 7.75. The number of carbonyl (C=O) groups is 1. The minimum absolute atomic E-state index is 0.254. The van der Waals surface area contributed by atoms with Gasteiger partial charge in [0.2, 0.25) is 0 Å². The molecule has 6 heteroatoms. The van der Waals surface area contributed by atoms with Gasteiger partial charge in [0.15, 0.2) is 5.13 Å². The third kappa shape index (κ3) is 2.60. The Morgan fingerprint density at radius 3 is 3.12 bits per heavy atom. The number of rotatable bonds is 5. The Morgan fingerprint density at radius 1 is 1.62 bits per heavy atom. The summed E-state index contributed by atoms with van der Waals surface area (Å²) in [6.45, 7) is 0.741. The lowest BCUT2D eigenvalue weighted by atomic mass is 10.2. The molecule has 16 heavy (non-hydrogen) atoms. The van der Waals surface area contributed by atoms with Gasteiger partial charge in [0.25, 0.3) is 0 Å². The van der Waals surface area contributed by atoms with E-state index in [1.165, 1.54) is 11.8 Å². The van der Waals surface area contributed by atoms with E-state index in [4.69, 9.17) is 5.11 Å². The number of thiazole rings is 1. The molecule has 2 heterocycles. The van der Waals surface area contributed by atoms with Crippen molar-refractivity contribution in [1.82, 2.24) is 9.97 Å². The molecular weight excluding hydrogens is 226 g/mol. The molecule has 0 atom stereocenters. The van der Waals surface area contributed by atoms with Crippen LogP contribution in [0, 0.1) is 0 Å². The molecule has 0 aliphatic heterocycles. The smallest absolute Gasteiger partial charge is 0.347 e. The van der Waals surface area contributed by atoms with Crippen LogP contribution in [0.1, 0.15) is 15.2 Å². The number of aromatic carboxylic acids is 1. The van der Waals surface area contributed by atoms with Crippen molar-refractivity contribution in [3.8, 4) is 0 Å². The van der Waals surface area contributed by atoms with Gasteiger partial charge in [0.1, 0.15) is 4.88 Å². The van der Waals surface area contributed by atoms with Gasteiger partial charge in [0.05, 0.1) is 6.20 Å². The molecule has 0 bridgehead atoms. The maximum Gasteiger partial charge on any atom is 0.347 e. The molecule has 0 unspecified atom stereocenters. The van der Waals surface area contributed by atoms with Crippen LogP contribution in [0.25, 0.3) is 0 Å². The zero-order valence-corrected chi connectivity index (χ0v) is 9.25. The molecule has 0 amide bonds. The van der Waals surface area contributed by atoms with Crippen molar-refractivity contribution in [2.24, 2.45) is 0 Å². The second-order valence-electron chi connectivity index (χ2n) is 3.23. The van der Waals surface area contributed by atoms with Crippen LogP contribution in [-0.2, 0) is 6.42 Å². The maximum atomic E-state index is 10.6. The molecule has 2 rings (SSSR count). The predicted octanol–water partition coefficient (Wildman–Crippen LogP) is 1.82. The first-order valence-electron chi connectivity index (χ1n) is 4.80. The van der Waals surface area contributed by atoms with Crippen LogP contribution < -0.4 is 5.32 Å². The van der Waals surface area contributed by atoms with E-state index < -0.39 is 5.97 Å². The monoisotopic (exact) mass is 237 g/mol. The van der Waals surface area contributed by atoms with Crippen LogP contribution in [0.3, 0.4) is 0 Å². The molecule has 0 fully saturated rings. The number of hydrogen-bond donors (Lipinski definition) is 3. The Kier molecular flexibility index (Phi) is 3.21. The Hall–Kier alpha value is -1.82. The van der Waals surface area contributed by atoms with Crippen LogP contribution in [-0.4, -0.2) is 27.6 Å². The Labute approximate surface area is 96.2 Å². The zero-order valence-electron chi connectivity index (χ0n) is 8.43. The number of aromatic nitrogens is 2. The fourth-order valence-corrected chi connectivity index (χ4v) is 1.96. The maximum absolute atomic E-state index is 10.6. The number of H-pyrrole nitrogens is 1. The second kappa shape index (κ2) is 4.80. The van der Waals surface area contributed by atoms with E-state index in [0.717, 1.165) is 24.3 Å². The van der Waals surface area contributed by atoms with Crippen LogP contribution in [0.15, 0.2) is 24.7 Å². The largest absolute Gasteiger partial charge is 0.477 e. The minimum Gasteiger partial charge on any atom is -0.477 e. The van der Waals surface area contributed by atoms with Crippen LogP contribution in [0.5, 0.6) is 0 Å². The number of anilines is 1. The SMILES string of the molecule is O=C(O)c1cnc(NCCc2cc[nH]c2)s1. The van der Waals surface area contributed by atoms with Gasteiger partial charge in [-0.3, -0.25) is 0 Å². The van der Waals surface area contributed by atoms with Crippen molar-refractivity contribution in [3.63, 3.8) is 0 Å². The molecule has 0 aliphatic carbocycles. The van der Waals surface area contributed by atoms with Gasteiger partial charge >= 0.3 is 5.97 Å². The van der Waals surface area contributed by atoms with Gasteiger partial charge in [-0.2, -0.15) is 0 Å². The fourth-order valence-electron chi connectivity index (χ4n) is 1.28. The topological polar surface area (TPSA) is 78.0 Å². The number of carboxylic acids is 1. The fraction of sp³-hybridized carbons (Fsp3) is 0.200. The Morgan fingerprint density at radius 2 is 2.50 bits per heavy atom. The van der Waals surface area contributed by atoms with E-state index in [-0.39, 0.29) is 4.88 Å². The quantitative estimate of drug-likeness (QED) is 0.741. The molecule has 84 valence electrons. The number of nitrogens with zero attached hydrogens (tertiary/aromatic N) is 1. The minimum atomic E-state index is -0.934. The number of carboxylic acid groups (broad SMARTS) is 1. The first-order valence-corrected chi connectivity index (χ1v) is 5.62. The van der Waals surface area contributed by atoms with Crippen LogP contribution in [0.2, 0.25) is 0 Å². The van der Waals surface area contributed by atoms with Crippen molar-refractivity contribution in [2.75, 3.05) is 11.9 Å². The molecule has 0 radical (unpaired) electrons. The number of hydrogen-bond acceptors (Lipinski definition) is 4. The van der Waals surface area contributed by atoms with Crippen molar-refractivity contribution in [3.05, 3.63) is 35.1 Å². The third-order valence-electron chi connectivity index (χ3n) is 2.07. The molecular formula is C10H11N3O2S. The summed E-state index contributed by atoms with van der Waals surface area (Å²) in [5, 5.41) is 12.4. The normalized spacial score (nSPS) is 10.2. The number of aromatic amines is 1. The highest BCUT2D eigenvalue weighted by Gasteiger charge is 2.07. The van der Waals surface area contributed by atoms with E-state index in [1.807, 2.05) is 18.5 Å². The van der Waals surface area contributed by atoms with Crippen LogP contribution in [0.4, 0.5) is 5.13 Å². The lowest BCUT2D eigenvalue weighted by Gasteiger charge is -1.99. The van der Waals surface area contributed by atoms with Gasteiger partial charge in [-0.05, 0) is 18.1 Å². The second-order valence-corrected chi connectivity index (χ2v) is 4.26. The first kappa shape index (κ1) is 10.7. The molecule has 5 nitrogen and oxygen atoms in total. The van der Waals surface area contributed by atoms with E-state index in [2.05, 4.69) is 15.3 Å². The van der Waals surface area contributed by atoms with Gasteiger partial charge in [-0.15, -0.1) is 0 Å². The lowest BCUT2D eigenvalue weighted by Crippen LogP contribution is -2.03. The molecule has 2 aromatic heterocycles. The summed E-state index contributed by atoms with van der Waals surface area (Å²) >= 11 is 1.15. The predicted molar refractivity (Wildman–Crippen MR) is 62.1 cm³/mol. The van der Waals surface area contributed by atoms with E-state index in [9.17, 15) is 4.79 Å². The molecule has 0 saturated heterocycles. The zero-order chi connectivity index (χ0) is 11.4. The standard InChI is InChI=1S/C10H11N3O2S/c14-9(15)8-6-13-10(16-8)12-4-2-7-1-3-11-5-7/h1,3,5-6,11H,2,4H2,(H,12,13)(H,14,15). The van der Waals surface area contributed by atoms with Crippen molar-refractivity contribution in [1.29, 1.82) is 0 Å². The van der Waals surface area contributed by atoms with Gasteiger partial charge in [-0.25, -0.2) is 9.78 Å². The summed E-state index contributed by atoms with van der Waals surface area (Å²) in [5.74, 6) is -0.934. The third-order valence-corrected chi connectivity index (χ3v) is 3.01. The highest BCUT2D eigenvalue weighted by molar-refractivity contribution is 7.17. The van der Waals surface area contributed by atoms with Crippen LogP contribution >= 0.6 is 11.3 Å². The Bertz CT molecular complexity index is 464. The summed E-state index contributed by atoms with van der Waals surface area (Å²) in [7, 11) is 0. The average Bonchev–Trinajstić information content (AvgIpc) is 2.87. The van der Waals surface area contributed by atoms with Crippen molar-refractivity contribution in [2.45, 2.75) is 6.42 Å². The Balaban J connectivity index is 1.83. The highest BCUT2D eigenvalue weighted by Crippen LogP contribution is 2.17. The van der Waals surface area contributed by atoms with Crippen molar-refractivity contribution < 1.29 is 9.90 Å². The lowest BCUT2D eigenvalue weighted by molar-refractivity contribution is 0.0702. The molecule has 2 aromatic rings.